The summed E-state index contributed by atoms with van der Waals surface area (Å²) in [4.78, 5) is 12.3. The van der Waals surface area contributed by atoms with Crippen LogP contribution in [-0.4, -0.2) is 5.91 Å². The van der Waals surface area contributed by atoms with E-state index in [9.17, 15) is 4.79 Å². The third-order valence-corrected chi connectivity index (χ3v) is 3.77. The molecule has 0 unspecified atom stereocenters. The van der Waals surface area contributed by atoms with Crippen LogP contribution in [0.4, 0.5) is 5.69 Å². The highest BCUT2D eigenvalue weighted by Gasteiger charge is 2.12. The Morgan fingerprint density at radius 1 is 1.00 bits per heavy atom. The molecule has 3 rings (SSSR count). The number of amides is 1. The minimum atomic E-state index is -0.274. The molecular weight excluding hydrogens is 302 g/mol. The summed E-state index contributed by atoms with van der Waals surface area (Å²) in [6.07, 6.45) is 0. The zero-order chi connectivity index (χ0) is 16.9. The summed E-state index contributed by atoms with van der Waals surface area (Å²) in [5.74, 6) is 1.35. The fourth-order valence-electron chi connectivity index (χ4n) is 2.26. The van der Waals surface area contributed by atoms with Gasteiger partial charge in [-0.2, -0.15) is 0 Å². The molecule has 0 aliphatic rings. The van der Waals surface area contributed by atoms with Crippen molar-refractivity contribution in [3.05, 3.63) is 83.3 Å². The molecule has 1 amide bonds. The molecule has 24 heavy (non-hydrogen) atoms. The number of aryl methyl sites for hydroxylation is 2. The number of carbonyl (C=O) groups excluding carboxylic acids is 1. The van der Waals surface area contributed by atoms with E-state index in [-0.39, 0.29) is 18.3 Å². The second-order valence-electron chi connectivity index (χ2n) is 5.62. The van der Waals surface area contributed by atoms with Crippen molar-refractivity contribution in [2.75, 3.05) is 5.32 Å². The maximum Gasteiger partial charge on any atom is 0.291 e. The Bertz CT molecular complexity index is 837. The van der Waals surface area contributed by atoms with Crippen molar-refractivity contribution in [3.63, 3.8) is 0 Å². The second kappa shape index (κ2) is 7.04. The standard InChI is InChI=1S/C20H19NO3/c1-14-8-9-16(12-15(14)2)21-20(22)19-11-10-18(24-19)13-23-17-6-4-3-5-7-17/h3-12H,13H2,1-2H3,(H,21,22). The largest absolute Gasteiger partial charge is 0.486 e. The molecule has 0 bridgehead atoms. The molecule has 0 aliphatic heterocycles. The summed E-state index contributed by atoms with van der Waals surface area (Å²) in [6, 6.07) is 18.7. The van der Waals surface area contributed by atoms with Crippen LogP contribution in [0.25, 0.3) is 0 Å². The van der Waals surface area contributed by atoms with Crippen molar-refractivity contribution >= 4 is 11.6 Å². The minimum Gasteiger partial charge on any atom is -0.486 e. The Hall–Kier alpha value is -3.01. The van der Waals surface area contributed by atoms with Crippen LogP contribution in [0.5, 0.6) is 5.75 Å². The van der Waals surface area contributed by atoms with E-state index >= 15 is 0 Å². The first-order valence-corrected chi connectivity index (χ1v) is 7.77. The Balaban J connectivity index is 1.62. The van der Waals surface area contributed by atoms with Crippen LogP contribution in [0.15, 0.2) is 65.1 Å². The molecule has 1 aromatic heterocycles. The quantitative estimate of drug-likeness (QED) is 0.739. The van der Waals surface area contributed by atoms with Crippen LogP contribution in [0.1, 0.15) is 27.4 Å². The summed E-state index contributed by atoms with van der Waals surface area (Å²) >= 11 is 0. The van der Waals surface area contributed by atoms with Crippen molar-refractivity contribution in [1.29, 1.82) is 0 Å². The van der Waals surface area contributed by atoms with Crippen LogP contribution < -0.4 is 10.1 Å². The monoisotopic (exact) mass is 321 g/mol. The first-order chi connectivity index (χ1) is 11.6. The van der Waals surface area contributed by atoms with Gasteiger partial charge in [0, 0.05) is 5.69 Å². The van der Waals surface area contributed by atoms with Crippen LogP contribution >= 0.6 is 0 Å². The number of anilines is 1. The van der Waals surface area contributed by atoms with Gasteiger partial charge in [0.2, 0.25) is 0 Å². The van der Waals surface area contributed by atoms with Gasteiger partial charge in [-0.1, -0.05) is 24.3 Å². The molecule has 3 aromatic rings. The normalized spacial score (nSPS) is 10.4. The van der Waals surface area contributed by atoms with Gasteiger partial charge in [-0.05, 0) is 61.4 Å². The van der Waals surface area contributed by atoms with Gasteiger partial charge in [-0.15, -0.1) is 0 Å². The van der Waals surface area contributed by atoms with Gasteiger partial charge in [-0.25, -0.2) is 0 Å². The molecule has 0 radical (unpaired) electrons. The lowest BCUT2D eigenvalue weighted by Crippen LogP contribution is -2.11. The number of furan rings is 1. The first-order valence-electron chi connectivity index (χ1n) is 7.77. The van der Waals surface area contributed by atoms with Gasteiger partial charge >= 0.3 is 0 Å². The van der Waals surface area contributed by atoms with Crippen LogP contribution in [0.3, 0.4) is 0 Å². The maximum absolute atomic E-state index is 12.3. The lowest BCUT2D eigenvalue weighted by molar-refractivity contribution is 0.0992. The number of hydrogen-bond acceptors (Lipinski definition) is 3. The number of ether oxygens (including phenoxy) is 1. The highest BCUT2D eigenvalue weighted by Crippen LogP contribution is 2.17. The highest BCUT2D eigenvalue weighted by molar-refractivity contribution is 6.02. The smallest absolute Gasteiger partial charge is 0.291 e. The van der Waals surface area contributed by atoms with E-state index in [0.717, 1.165) is 17.0 Å². The number of carbonyl (C=O) groups is 1. The zero-order valence-electron chi connectivity index (χ0n) is 13.7. The molecule has 0 saturated carbocycles. The Labute approximate surface area is 141 Å². The van der Waals surface area contributed by atoms with Crippen molar-refractivity contribution in [3.8, 4) is 5.75 Å². The van der Waals surface area contributed by atoms with E-state index in [2.05, 4.69) is 5.32 Å². The summed E-state index contributed by atoms with van der Waals surface area (Å²) < 4.78 is 11.2. The Morgan fingerprint density at radius 3 is 2.54 bits per heavy atom. The number of rotatable bonds is 5. The topological polar surface area (TPSA) is 51.5 Å². The maximum atomic E-state index is 12.3. The summed E-state index contributed by atoms with van der Waals surface area (Å²) in [6.45, 7) is 4.32. The number of hydrogen-bond donors (Lipinski definition) is 1. The van der Waals surface area contributed by atoms with Crippen LogP contribution in [0, 0.1) is 13.8 Å². The SMILES string of the molecule is Cc1ccc(NC(=O)c2ccc(COc3ccccc3)o2)cc1C. The van der Waals surface area contributed by atoms with E-state index < -0.39 is 0 Å². The molecule has 1 N–H and O–H groups in total. The molecule has 0 aliphatic carbocycles. The molecule has 122 valence electrons. The summed E-state index contributed by atoms with van der Waals surface area (Å²) in [7, 11) is 0. The molecule has 1 heterocycles. The average molecular weight is 321 g/mol. The van der Waals surface area contributed by atoms with Gasteiger partial charge < -0.3 is 14.5 Å². The second-order valence-corrected chi connectivity index (χ2v) is 5.62. The third kappa shape index (κ3) is 3.84. The molecule has 0 fully saturated rings. The van der Waals surface area contributed by atoms with Crippen molar-refractivity contribution < 1.29 is 13.9 Å². The highest BCUT2D eigenvalue weighted by atomic mass is 16.5. The Kier molecular flexibility index (Phi) is 4.66. The van der Waals surface area contributed by atoms with E-state index in [4.69, 9.17) is 9.15 Å². The van der Waals surface area contributed by atoms with Crippen molar-refractivity contribution in [2.45, 2.75) is 20.5 Å². The van der Waals surface area contributed by atoms with E-state index in [1.807, 2.05) is 62.4 Å². The van der Waals surface area contributed by atoms with Gasteiger partial charge in [0.1, 0.15) is 18.1 Å². The third-order valence-electron chi connectivity index (χ3n) is 3.77. The fourth-order valence-corrected chi connectivity index (χ4v) is 2.26. The number of para-hydroxylation sites is 1. The Morgan fingerprint density at radius 2 is 1.79 bits per heavy atom. The van der Waals surface area contributed by atoms with Crippen molar-refractivity contribution in [2.24, 2.45) is 0 Å². The molecule has 0 saturated heterocycles. The molecule has 0 spiro atoms. The number of nitrogens with one attached hydrogen (secondary N) is 1. The fraction of sp³-hybridized carbons (Fsp3) is 0.150. The lowest BCUT2D eigenvalue weighted by Gasteiger charge is -2.06. The minimum absolute atomic E-state index is 0.264. The molecule has 0 atom stereocenters. The zero-order valence-corrected chi connectivity index (χ0v) is 13.7. The van der Waals surface area contributed by atoms with E-state index in [0.29, 0.717) is 5.76 Å². The molecule has 2 aromatic carbocycles. The van der Waals surface area contributed by atoms with E-state index in [1.54, 1.807) is 12.1 Å². The molecule has 4 nitrogen and oxygen atoms in total. The predicted octanol–water partition coefficient (Wildman–Crippen LogP) is 4.73. The van der Waals surface area contributed by atoms with Crippen LogP contribution in [-0.2, 0) is 6.61 Å². The van der Waals surface area contributed by atoms with Crippen LogP contribution in [0.2, 0.25) is 0 Å². The van der Waals surface area contributed by atoms with E-state index in [1.165, 1.54) is 5.56 Å². The van der Waals surface area contributed by atoms with Gasteiger partial charge in [0.05, 0.1) is 0 Å². The lowest BCUT2D eigenvalue weighted by atomic mass is 10.1. The molecule has 4 heteroatoms. The first kappa shape index (κ1) is 15.9. The van der Waals surface area contributed by atoms with Crippen molar-refractivity contribution in [1.82, 2.24) is 0 Å². The molecular formula is C20H19NO3. The van der Waals surface area contributed by atoms with Gasteiger partial charge in [0.25, 0.3) is 5.91 Å². The van der Waals surface area contributed by atoms with Gasteiger partial charge in [-0.3, -0.25) is 4.79 Å². The van der Waals surface area contributed by atoms with Gasteiger partial charge in [0.15, 0.2) is 5.76 Å². The summed E-state index contributed by atoms with van der Waals surface area (Å²) in [5, 5.41) is 2.84. The predicted molar refractivity (Wildman–Crippen MR) is 93.4 cm³/mol. The summed E-state index contributed by atoms with van der Waals surface area (Å²) in [5.41, 5.74) is 3.07. The average Bonchev–Trinajstić information content (AvgIpc) is 3.06. The number of benzene rings is 2.